The number of aryl methyl sites for hydroxylation is 3. The zero-order valence-electron chi connectivity index (χ0n) is 13.5. The summed E-state index contributed by atoms with van der Waals surface area (Å²) in [7, 11) is 1.95. The fraction of sp³-hybridized carbons (Fsp3) is 0.353. The van der Waals surface area contributed by atoms with Crippen molar-refractivity contribution in [3.05, 3.63) is 45.9 Å². The molecule has 5 heteroatoms. The lowest BCUT2D eigenvalue weighted by molar-refractivity contribution is 0.102. The largest absolute Gasteiger partial charge is 0.351 e. The van der Waals surface area contributed by atoms with Crippen LogP contribution in [0.5, 0.6) is 0 Å². The smallest absolute Gasteiger partial charge is 0.174 e. The topological polar surface area (TPSA) is 58.7 Å². The van der Waals surface area contributed by atoms with Gasteiger partial charge in [-0.1, -0.05) is 11.8 Å². The van der Waals surface area contributed by atoms with E-state index >= 15 is 0 Å². The normalized spacial score (nSPS) is 10.5. The molecule has 2 rings (SSSR count). The van der Waals surface area contributed by atoms with Gasteiger partial charge in [-0.05, 0) is 45.4 Å². The van der Waals surface area contributed by atoms with E-state index in [0.717, 1.165) is 28.2 Å². The van der Waals surface area contributed by atoms with E-state index in [-0.39, 0.29) is 11.5 Å². The summed E-state index contributed by atoms with van der Waals surface area (Å²) in [4.78, 5) is 16.8. The molecule has 0 aliphatic rings. The molecule has 114 valence electrons. The van der Waals surface area contributed by atoms with E-state index in [1.165, 1.54) is 11.8 Å². The highest BCUT2D eigenvalue weighted by molar-refractivity contribution is 8.00. The van der Waals surface area contributed by atoms with Crippen LogP contribution in [0.15, 0.2) is 17.2 Å². The molecule has 2 heterocycles. The maximum atomic E-state index is 12.4. The highest BCUT2D eigenvalue weighted by Gasteiger charge is 2.16. The van der Waals surface area contributed by atoms with Gasteiger partial charge < -0.3 is 4.57 Å². The van der Waals surface area contributed by atoms with Crippen LogP contribution in [-0.2, 0) is 7.05 Å². The lowest BCUT2D eigenvalue weighted by atomic mass is 10.1. The average Bonchev–Trinajstić information content (AvgIpc) is 2.72. The average molecular weight is 313 g/mol. The number of carbonyl (C=O) groups excluding carboxylic acids is 1. The Morgan fingerprint density at radius 3 is 2.55 bits per heavy atom. The molecule has 0 aliphatic carbocycles. The van der Waals surface area contributed by atoms with Gasteiger partial charge in [0.25, 0.3) is 0 Å². The summed E-state index contributed by atoms with van der Waals surface area (Å²) in [5.74, 6) is 0.352. The first-order chi connectivity index (χ1) is 10.3. The molecule has 0 spiro atoms. The molecule has 0 aromatic carbocycles. The second kappa shape index (κ2) is 6.37. The van der Waals surface area contributed by atoms with Gasteiger partial charge in [-0.15, -0.1) is 0 Å². The predicted molar refractivity (Wildman–Crippen MR) is 88.4 cm³/mol. The summed E-state index contributed by atoms with van der Waals surface area (Å²) in [6, 6.07) is 5.98. The predicted octanol–water partition coefficient (Wildman–Crippen LogP) is 3.50. The van der Waals surface area contributed by atoms with Crippen molar-refractivity contribution < 1.29 is 4.79 Å². The highest BCUT2D eigenvalue weighted by Crippen LogP contribution is 2.25. The number of nitrogens with zero attached hydrogens (tertiary/aromatic N) is 3. The Morgan fingerprint density at radius 2 is 2.00 bits per heavy atom. The van der Waals surface area contributed by atoms with E-state index in [4.69, 9.17) is 0 Å². The number of carbonyl (C=O) groups is 1. The summed E-state index contributed by atoms with van der Waals surface area (Å²) in [5.41, 5.74) is 5.10. The fourth-order valence-corrected chi connectivity index (χ4v) is 3.38. The van der Waals surface area contributed by atoms with Crippen molar-refractivity contribution in [2.24, 2.45) is 7.05 Å². The van der Waals surface area contributed by atoms with Gasteiger partial charge in [-0.3, -0.25) is 4.79 Å². The van der Waals surface area contributed by atoms with Crippen LogP contribution in [0.2, 0.25) is 0 Å². The lowest BCUT2D eigenvalue weighted by Gasteiger charge is -2.07. The SMILES string of the molecule is Cc1cc(C)c(C#N)c(SCC(=O)c2cc(C)n(C)c2C)n1. The van der Waals surface area contributed by atoms with E-state index < -0.39 is 0 Å². The molecule has 0 N–H and O–H groups in total. The maximum absolute atomic E-state index is 12.4. The van der Waals surface area contributed by atoms with Crippen LogP contribution in [0, 0.1) is 39.0 Å². The van der Waals surface area contributed by atoms with Crippen molar-refractivity contribution in [2.75, 3.05) is 5.75 Å². The van der Waals surface area contributed by atoms with Gasteiger partial charge in [0.1, 0.15) is 11.1 Å². The van der Waals surface area contributed by atoms with Crippen molar-refractivity contribution in [1.29, 1.82) is 5.26 Å². The van der Waals surface area contributed by atoms with Crippen molar-refractivity contribution >= 4 is 17.5 Å². The third-order valence-corrected chi connectivity index (χ3v) is 4.81. The molecule has 0 saturated heterocycles. The molecule has 22 heavy (non-hydrogen) atoms. The number of hydrogen-bond donors (Lipinski definition) is 0. The molecule has 0 atom stereocenters. The van der Waals surface area contributed by atoms with Crippen LogP contribution in [0.25, 0.3) is 0 Å². The minimum absolute atomic E-state index is 0.0658. The fourth-order valence-electron chi connectivity index (χ4n) is 2.39. The number of ketones is 1. The number of Topliss-reactive ketones (excluding diaryl/α,β-unsaturated/α-hetero) is 1. The lowest BCUT2D eigenvalue weighted by Crippen LogP contribution is -2.05. The van der Waals surface area contributed by atoms with Crippen LogP contribution in [0.4, 0.5) is 0 Å². The molecule has 0 amide bonds. The molecular formula is C17H19N3OS. The van der Waals surface area contributed by atoms with Gasteiger partial charge in [0.15, 0.2) is 5.78 Å². The van der Waals surface area contributed by atoms with Crippen molar-refractivity contribution in [2.45, 2.75) is 32.7 Å². The first-order valence-corrected chi connectivity index (χ1v) is 8.01. The second-order valence-corrected chi connectivity index (χ2v) is 6.39. The Labute approximate surface area is 135 Å². The van der Waals surface area contributed by atoms with E-state index in [1.54, 1.807) is 0 Å². The highest BCUT2D eigenvalue weighted by atomic mass is 32.2. The Kier molecular flexibility index (Phi) is 4.72. The summed E-state index contributed by atoms with van der Waals surface area (Å²) >= 11 is 1.33. The molecule has 0 fully saturated rings. The van der Waals surface area contributed by atoms with E-state index in [9.17, 15) is 10.1 Å². The van der Waals surface area contributed by atoms with Gasteiger partial charge >= 0.3 is 0 Å². The molecular weight excluding hydrogens is 294 g/mol. The van der Waals surface area contributed by atoms with Crippen LogP contribution in [0.3, 0.4) is 0 Å². The van der Waals surface area contributed by atoms with E-state index in [0.29, 0.717) is 10.6 Å². The van der Waals surface area contributed by atoms with Gasteiger partial charge in [-0.2, -0.15) is 5.26 Å². The molecule has 2 aromatic rings. The van der Waals surface area contributed by atoms with Crippen molar-refractivity contribution in [3.8, 4) is 6.07 Å². The summed E-state index contributed by atoms with van der Waals surface area (Å²) in [5, 5.41) is 9.90. The minimum Gasteiger partial charge on any atom is -0.351 e. The monoisotopic (exact) mass is 313 g/mol. The molecule has 0 aliphatic heterocycles. The van der Waals surface area contributed by atoms with Crippen molar-refractivity contribution in [3.63, 3.8) is 0 Å². The number of pyridine rings is 1. The molecule has 0 radical (unpaired) electrons. The van der Waals surface area contributed by atoms with Crippen LogP contribution < -0.4 is 0 Å². The van der Waals surface area contributed by atoms with Crippen LogP contribution in [-0.4, -0.2) is 21.1 Å². The van der Waals surface area contributed by atoms with Crippen LogP contribution >= 0.6 is 11.8 Å². The summed E-state index contributed by atoms with van der Waals surface area (Å²) in [6.07, 6.45) is 0. The summed E-state index contributed by atoms with van der Waals surface area (Å²) in [6.45, 7) is 7.71. The molecule has 2 aromatic heterocycles. The first kappa shape index (κ1) is 16.3. The Bertz CT molecular complexity index is 784. The maximum Gasteiger partial charge on any atom is 0.174 e. The zero-order chi connectivity index (χ0) is 16.4. The quantitative estimate of drug-likeness (QED) is 0.640. The molecule has 0 bridgehead atoms. The van der Waals surface area contributed by atoms with Crippen molar-refractivity contribution in [1.82, 2.24) is 9.55 Å². The van der Waals surface area contributed by atoms with Gasteiger partial charge in [0.05, 0.1) is 11.3 Å². The van der Waals surface area contributed by atoms with Gasteiger partial charge in [0, 0.05) is 29.7 Å². The second-order valence-electron chi connectivity index (χ2n) is 5.43. The Hall–Kier alpha value is -2.06. The zero-order valence-corrected chi connectivity index (χ0v) is 14.3. The number of aromatic nitrogens is 2. The first-order valence-electron chi connectivity index (χ1n) is 7.02. The number of hydrogen-bond acceptors (Lipinski definition) is 4. The van der Waals surface area contributed by atoms with E-state index in [2.05, 4.69) is 11.1 Å². The molecule has 0 unspecified atom stereocenters. The van der Waals surface area contributed by atoms with Gasteiger partial charge in [-0.25, -0.2) is 4.98 Å². The number of rotatable bonds is 4. The third-order valence-electron chi connectivity index (χ3n) is 3.84. The Balaban J connectivity index is 2.22. The van der Waals surface area contributed by atoms with E-state index in [1.807, 2.05) is 51.4 Å². The van der Waals surface area contributed by atoms with Gasteiger partial charge in [0.2, 0.25) is 0 Å². The Morgan fingerprint density at radius 1 is 1.32 bits per heavy atom. The number of thioether (sulfide) groups is 1. The standard InChI is InChI=1S/C17H19N3OS/c1-10-6-11(2)19-17(15(10)8-18)22-9-16(21)14-7-12(3)20(5)13(14)4/h6-7H,9H2,1-5H3. The summed E-state index contributed by atoms with van der Waals surface area (Å²) < 4.78 is 2.01. The number of nitriles is 1. The molecule has 0 saturated carbocycles. The molecule has 4 nitrogen and oxygen atoms in total. The minimum atomic E-state index is 0.0658. The van der Waals surface area contributed by atoms with Crippen LogP contribution in [0.1, 0.15) is 38.6 Å². The third kappa shape index (κ3) is 3.07.